The monoisotopic (exact) mass is 182 g/mol. The van der Waals surface area contributed by atoms with Gasteiger partial charge in [0.2, 0.25) is 11.8 Å². The van der Waals surface area contributed by atoms with E-state index >= 15 is 0 Å². The van der Waals surface area contributed by atoms with Gasteiger partial charge in [0.25, 0.3) is 0 Å². The number of carbonyl (C=O) groups is 2. The molecule has 1 unspecified atom stereocenters. The largest absolute Gasteiger partial charge is 0.303 e. The van der Waals surface area contributed by atoms with Crippen LogP contribution in [0.3, 0.4) is 0 Å². The lowest BCUT2D eigenvalue weighted by molar-refractivity contribution is -0.125. The van der Waals surface area contributed by atoms with Crippen LogP contribution in [-0.4, -0.2) is 23.9 Å². The fourth-order valence-corrected chi connectivity index (χ4v) is 2.01. The number of carbonyl (C=O) groups excluding carboxylic acids is 2. The van der Waals surface area contributed by atoms with Gasteiger partial charge in [-0.05, 0) is 18.8 Å². The van der Waals surface area contributed by atoms with E-state index in [0.29, 0.717) is 12.5 Å². The minimum Gasteiger partial charge on any atom is -0.303 e. The van der Waals surface area contributed by atoms with Crippen molar-refractivity contribution in [3.05, 3.63) is 0 Å². The van der Waals surface area contributed by atoms with E-state index in [1.54, 1.807) is 0 Å². The summed E-state index contributed by atoms with van der Waals surface area (Å²) in [6, 6.07) is 0.168. The van der Waals surface area contributed by atoms with Gasteiger partial charge in [0.1, 0.15) is 0 Å². The highest BCUT2D eigenvalue weighted by Gasteiger charge is 2.35. The summed E-state index contributed by atoms with van der Waals surface area (Å²) in [7, 11) is 0. The molecule has 2 aliphatic rings. The highest BCUT2D eigenvalue weighted by molar-refractivity contribution is 6.05. The molecule has 0 radical (unpaired) electrons. The van der Waals surface area contributed by atoms with E-state index in [2.05, 4.69) is 17.6 Å². The molecule has 0 aromatic heterocycles. The number of rotatable bonds is 2. The van der Waals surface area contributed by atoms with Crippen LogP contribution >= 0.6 is 0 Å². The topological polar surface area (TPSA) is 58.2 Å². The van der Waals surface area contributed by atoms with Gasteiger partial charge in [-0.1, -0.05) is 6.92 Å². The Morgan fingerprint density at radius 2 is 2.08 bits per heavy atom. The number of nitrogens with one attached hydrogen (secondary N) is 2. The quantitative estimate of drug-likeness (QED) is 0.581. The lowest BCUT2D eigenvalue weighted by Crippen LogP contribution is -2.48. The SMILES string of the molecule is CC1CC(NC2CC(=O)NC2=O)C1. The van der Waals surface area contributed by atoms with Crippen LogP contribution in [0.4, 0.5) is 0 Å². The molecule has 1 atom stereocenters. The second kappa shape index (κ2) is 3.10. The minimum absolute atomic E-state index is 0.158. The van der Waals surface area contributed by atoms with E-state index in [4.69, 9.17) is 0 Å². The maximum absolute atomic E-state index is 11.1. The first-order valence-electron chi connectivity index (χ1n) is 4.75. The van der Waals surface area contributed by atoms with Gasteiger partial charge in [-0.2, -0.15) is 0 Å². The molecule has 1 heterocycles. The molecule has 2 fully saturated rings. The minimum atomic E-state index is -0.273. The van der Waals surface area contributed by atoms with Gasteiger partial charge in [-0.3, -0.25) is 14.9 Å². The van der Waals surface area contributed by atoms with Crippen molar-refractivity contribution in [2.24, 2.45) is 5.92 Å². The number of amides is 2. The molecule has 72 valence electrons. The van der Waals surface area contributed by atoms with Crippen molar-refractivity contribution >= 4 is 11.8 Å². The molecule has 0 spiro atoms. The first-order valence-corrected chi connectivity index (χ1v) is 4.75. The van der Waals surface area contributed by atoms with Crippen molar-refractivity contribution in [2.45, 2.75) is 38.3 Å². The van der Waals surface area contributed by atoms with Crippen molar-refractivity contribution < 1.29 is 9.59 Å². The van der Waals surface area contributed by atoms with Gasteiger partial charge < -0.3 is 5.32 Å². The standard InChI is InChI=1S/C9H14N2O2/c1-5-2-6(3-5)10-7-4-8(12)11-9(7)13/h5-7,10H,2-4H2,1H3,(H,11,12,13). The number of hydrogen-bond acceptors (Lipinski definition) is 3. The van der Waals surface area contributed by atoms with Gasteiger partial charge >= 0.3 is 0 Å². The predicted octanol–water partition coefficient (Wildman–Crippen LogP) is -0.210. The van der Waals surface area contributed by atoms with E-state index in [9.17, 15) is 9.59 Å². The maximum atomic E-state index is 11.1. The van der Waals surface area contributed by atoms with Gasteiger partial charge in [0, 0.05) is 6.04 Å². The Labute approximate surface area is 77.1 Å². The molecule has 0 aromatic carbocycles. The first kappa shape index (κ1) is 8.69. The lowest BCUT2D eigenvalue weighted by atomic mass is 9.81. The van der Waals surface area contributed by atoms with Crippen molar-refractivity contribution in [3.8, 4) is 0 Å². The summed E-state index contributed by atoms with van der Waals surface area (Å²) in [5.41, 5.74) is 0. The van der Waals surface area contributed by atoms with Gasteiger partial charge in [-0.25, -0.2) is 0 Å². The molecule has 1 aliphatic heterocycles. The fourth-order valence-electron chi connectivity index (χ4n) is 2.01. The molecule has 2 N–H and O–H groups in total. The number of hydrogen-bond donors (Lipinski definition) is 2. The zero-order valence-electron chi connectivity index (χ0n) is 7.67. The van der Waals surface area contributed by atoms with E-state index in [-0.39, 0.29) is 17.9 Å². The van der Waals surface area contributed by atoms with Crippen LogP contribution in [0.5, 0.6) is 0 Å². The first-order chi connectivity index (χ1) is 6.15. The molecule has 0 bridgehead atoms. The normalized spacial score (nSPS) is 38.7. The Kier molecular flexibility index (Phi) is 2.07. The Bertz CT molecular complexity index is 246. The molecule has 1 aliphatic carbocycles. The third kappa shape index (κ3) is 1.72. The third-order valence-electron chi connectivity index (χ3n) is 2.78. The van der Waals surface area contributed by atoms with E-state index in [0.717, 1.165) is 18.8 Å². The summed E-state index contributed by atoms with van der Waals surface area (Å²) in [5, 5.41) is 5.48. The Balaban J connectivity index is 1.82. The highest BCUT2D eigenvalue weighted by atomic mass is 16.2. The second-order valence-electron chi connectivity index (χ2n) is 4.11. The molecular weight excluding hydrogens is 168 g/mol. The average molecular weight is 182 g/mol. The second-order valence-corrected chi connectivity index (χ2v) is 4.11. The Morgan fingerprint density at radius 3 is 2.54 bits per heavy atom. The van der Waals surface area contributed by atoms with Crippen molar-refractivity contribution in [3.63, 3.8) is 0 Å². The van der Waals surface area contributed by atoms with Crippen molar-refractivity contribution in [2.75, 3.05) is 0 Å². The number of imide groups is 1. The van der Waals surface area contributed by atoms with E-state index < -0.39 is 0 Å². The lowest BCUT2D eigenvalue weighted by Gasteiger charge is -2.34. The summed E-state index contributed by atoms with van der Waals surface area (Å²) in [6.45, 7) is 2.19. The highest BCUT2D eigenvalue weighted by Crippen LogP contribution is 2.27. The molecule has 4 nitrogen and oxygen atoms in total. The molecule has 0 aromatic rings. The van der Waals surface area contributed by atoms with Crippen molar-refractivity contribution in [1.29, 1.82) is 0 Å². The van der Waals surface area contributed by atoms with Crippen molar-refractivity contribution in [1.82, 2.24) is 10.6 Å². The molecule has 2 amide bonds. The van der Waals surface area contributed by atoms with Crippen LogP contribution in [0.25, 0.3) is 0 Å². The Morgan fingerprint density at radius 1 is 1.38 bits per heavy atom. The van der Waals surface area contributed by atoms with Gasteiger partial charge in [-0.15, -0.1) is 0 Å². The summed E-state index contributed by atoms with van der Waals surface area (Å²) >= 11 is 0. The summed E-state index contributed by atoms with van der Waals surface area (Å²) < 4.78 is 0. The van der Waals surface area contributed by atoms with Crippen LogP contribution < -0.4 is 10.6 Å². The van der Waals surface area contributed by atoms with Crippen LogP contribution in [0, 0.1) is 5.92 Å². The Hall–Kier alpha value is -0.900. The predicted molar refractivity (Wildman–Crippen MR) is 46.9 cm³/mol. The van der Waals surface area contributed by atoms with Crippen LogP contribution in [-0.2, 0) is 9.59 Å². The zero-order valence-corrected chi connectivity index (χ0v) is 7.67. The maximum Gasteiger partial charge on any atom is 0.244 e. The summed E-state index contributed by atoms with van der Waals surface area (Å²) in [6.07, 6.45) is 2.56. The molecule has 13 heavy (non-hydrogen) atoms. The third-order valence-corrected chi connectivity index (χ3v) is 2.78. The molecule has 1 saturated carbocycles. The fraction of sp³-hybridized carbons (Fsp3) is 0.778. The summed E-state index contributed by atoms with van der Waals surface area (Å²) in [4.78, 5) is 22.0. The molecule has 4 heteroatoms. The van der Waals surface area contributed by atoms with E-state index in [1.165, 1.54) is 0 Å². The average Bonchev–Trinajstić information content (AvgIpc) is 2.27. The summed E-state index contributed by atoms with van der Waals surface area (Å²) in [5.74, 6) is 0.442. The van der Waals surface area contributed by atoms with Crippen LogP contribution in [0.15, 0.2) is 0 Å². The molecular formula is C9H14N2O2. The van der Waals surface area contributed by atoms with Crippen LogP contribution in [0.2, 0.25) is 0 Å². The smallest absolute Gasteiger partial charge is 0.244 e. The van der Waals surface area contributed by atoms with E-state index in [1.807, 2.05) is 0 Å². The molecule has 1 saturated heterocycles. The van der Waals surface area contributed by atoms with Gasteiger partial charge in [0.05, 0.1) is 12.5 Å². The van der Waals surface area contributed by atoms with Crippen LogP contribution in [0.1, 0.15) is 26.2 Å². The zero-order chi connectivity index (χ0) is 9.42. The van der Waals surface area contributed by atoms with Gasteiger partial charge in [0.15, 0.2) is 0 Å². The molecule has 2 rings (SSSR count).